The van der Waals surface area contributed by atoms with Crippen molar-refractivity contribution in [3.05, 3.63) is 29.8 Å². The topological polar surface area (TPSA) is 75.6 Å². The molecule has 1 rings (SSSR count). The summed E-state index contributed by atoms with van der Waals surface area (Å²) in [6, 6.07) is 5.87. The van der Waals surface area contributed by atoms with E-state index in [0.717, 1.165) is 24.8 Å². The van der Waals surface area contributed by atoms with Crippen LogP contribution in [0.25, 0.3) is 0 Å². The lowest BCUT2D eigenvalue weighted by Gasteiger charge is -2.17. The molecule has 0 unspecified atom stereocenters. The number of esters is 1. The number of unbranched alkanes of at least 4 members (excludes halogenated alkanes) is 5. The predicted molar refractivity (Wildman–Crippen MR) is 93.8 cm³/mol. The minimum absolute atomic E-state index is 0.167. The second-order valence-electron chi connectivity index (χ2n) is 6.06. The van der Waals surface area contributed by atoms with E-state index in [4.69, 9.17) is 4.74 Å². The van der Waals surface area contributed by atoms with E-state index in [-0.39, 0.29) is 11.7 Å². The summed E-state index contributed by atoms with van der Waals surface area (Å²) in [5.41, 5.74) is 0.850. The molecular weight excluding hydrogens is 306 g/mol. The van der Waals surface area contributed by atoms with Gasteiger partial charge in [0.1, 0.15) is 11.8 Å². The van der Waals surface area contributed by atoms with Crippen molar-refractivity contribution >= 4 is 11.9 Å². The predicted octanol–water partition coefficient (Wildman–Crippen LogP) is 3.34. The number of hydrogen-bond donors (Lipinski definition) is 2. The number of amides is 1. The molecule has 0 spiro atoms. The molecule has 5 heteroatoms. The van der Waals surface area contributed by atoms with Gasteiger partial charge in [0.05, 0.1) is 6.61 Å². The van der Waals surface area contributed by atoms with Gasteiger partial charge in [-0.05, 0) is 24.1 Å². The van der Waals surface area contributed by atoms with Gasteiger partial charge in [-0.1, -0.05) is 51.2 Å². The summed E-state index contributed by atoms with van der Waals surface area (Å²) >= 11 is 0. The second-order valence-corrected chi connectivity index (χ2v) is 6.06. The van der Waals surface area contributed by atoms with Gasteiger partial charge in [-0.25, -0.2) is 4.79 Å². The van der Waals surface area contributed by atoms with Gasteiger partial charge in [-0.3, -0.25) is 4.79 Å². The molecule has 1 atom stereocenters. The molecule has 0 saturated carbocycles. The smallest absolute Gasteiger partial charge is 0.328 e. The van der Waals surface area contributed by atoms with Crippen LogP contribution in [-0.2, 0) is 20.7 Å². The fourth-order valence-corrected chi connectivity index (χ4v) is 2.46. The van der Waals surface area contributed by atoms with Crippen molar-refractivity contribution in [3.63, 3.8) is 0 Å². The summed E-state index contributed by atoms with van der Waals surface area (Å²) in [5, 5.41) is 11.9. The first-order valence-electron chi connectivity index (χ1n) is 8.74. The van der Waals surface area contributed by atoms with Crippen molar-refractivity contribution < 1.29 is 19.4 Å². The minimum Gasteiger partial charge on any atom is -0.508 e. The lowest BCUT2D eigenvalue weighted by molar-refractivity contribution is -0.147. The monoisotopic (exact) mass is 335 g/mol. The molecule has 1 aromatic carbocycles. The molecule has 0 fully saturated rings. The molecule has 2 N–H and O–H groups in total. The third-order valence-electron chi connectivity index (χ3n) is 3.78. The van der Waals surface area contributed by atoms with E-state index in [0.29, 0.717) is 13.0 Å². The normalized spacial score (nSPS) is 11.8. The van der Waals surface area contributed by atoms with Crippen LogP contribution in [0.2, 0.25) is 0 Å². The van der Waals surface area contributed by atoms with Crippen LogP contribution in [0.3, 0.4) is 0 Å². The molecule has 0 aromatic heterocycles. The van der Waals surface area contributed by atoms with Gasteiger partial charge < -0.3 is 15.2 Å². The number of rotatable bonds is 11. The van der Waals surface area contributed by atoms with Crippen LogP contribution >= 0.6 is 0 Å². The fourth-order valence-electron chi connectivity index (χ4n) is 2.46. The maximum absolute atomic E-state index is 12.2. The lowest BCUT2D eigenvalue weighted by Crippen LogP contribution is -2.42. The number of benzene rings is 1. The van der Waals surface area contributed by atoms with Crippen LogP contribution < -0.4 is 5.32 Å². The highest BCUT2D eigenvalue weighted by atomic mass is 16.5. The molecule has 0 aliphatic heterocycles. The van der Waals surface area contributed by atoms with Crippen LogP contribution in [0.1, 0.15) is 57.9 Å². The average molecular weight is 335 g/mol. The maximum atomic E-state index is 12.2. The zero-order valence-electron chi connectivity index (χ0n) is 14.7. The first-order chi connectivity index (χ1) is 11.5. The standard InChI is InChI=1S/C19H29NO4/c1-3-4-5-6-7-8-13-24-19(23)18(20-15(2)21)14-16-9-11-17(22)12-10-16/h9-12,18,22H,3-8,13-14H2,1-2H3,(H,20,21)/t18-/m0/s1. The van der Waals surface area contributed by atoms with Gasteiger partial charge in [0, 0.05) is 13.3 Å². The molecule has 0 bridgehead atoms. The van der Waals surface area contributed by atoms with Crippen molar-refractivity contribution in [1.82, 2.24) is 5.32 Å². The van der Waals surface area contributed by atoms with Crippen LogP contribution in [0, 0.1) is 0 Å². The Bertz CT molecular complexity index is 499. The van der Waals surface area contributed by atoms with E-state index in [1.165, 1.54) is 26.2 Å². The quantitative estimate of drug-likeness (QED) is 0.480. The number of ether oxygens (including phenoxy) is 1. The number of carbonyl (C=O) groups excluding carboxylic acids is 2. The van der Waals surface area contributed by atoms with Crippen molar-refractivity contribution in [2.24, 2.45) is 0 Å². The Balaban J connectivity index is 2.41. The molecule has 0 aliphatic rings. The van der Waals surface area contributed by atoms with Gasteiger partial charge in [0.25, 0.3) is 0 Å². The molecule has 0 radical (unpaired) electrons. The average Bonchev–Trinajstić information content (AvgIpc) is 2.55. The highest BCUT2D eigenvalue weighted by molar-refractivity contribution is 5.83. The van der Waals surface area contributed by atoms with Crippen LogP contribution in [-0.4, -0.2) is 29.6 Å². The Morgan fingerprint density at radius 2 is 1.71 bits per heavy atom. The van der Waals surface area contributed by atoms with Gasteiger partial charge in [0.2, 0.25) is 5.91 Å². The lowest BCUT2D eigenvalue weighted by atomic mass is 10.1. The van der Waals surface area contributed by atoms with Crippen LogP contribution in [0.4, 0.5) is 0 Å². The third kappa shape index (κ3) is 8.56. The summed E-state index contributed by atoms with van der Waals surface area (Å²) in [6.45, 7) is 3.94. The molecule has 1 amide bonds. The molecule has 0 aliphatic carbocycles. The molecule has 24 heavy (non-hydrogen) atoms. The number of carbonyl (C=O) groups is 2. The van der Waals surface area contributed by atoms with Gasteiger partial charge in [0.15, 0.2) is 0 Å². The highest BCUT2D eigenvalue weighted by Gasteiger charge is 2.21. The Hall–Kier alpha value is -2.04. The van der Waals surface area contributed by atoms with E-state index in [2.05, 4.69) is 12.2 Å². The number of hydrogen-bond acceptors (Lipinski definition) is 4. The van der Waals surface area contributed by atoms with Crippen molar-refractivity contribution in [2.45, 2.75) is 64.8 Å². The molecule has 0 heterocycles. The number of nitrogens with one attached hydrogen (secondary N) is 1. The summed E-state index contributed by atoms with van der Waals surface area (Å²) in [6.07, 6.45) is 7.09. The van der Waals surface area contributed by atoms with Gasteiger partial charge >= 0.3 is 5.97 Å². The second kappa shape index (κ2) is 11.5. The summed E-state index contributed by atoms with van der Waals surface area (Å²) < 4.78 is 5.30. The highest BCUT2D eigenvalue weighted by Crippen LogP contribution is 2.12. The maximum Gasteiger partial charge on any atom is 0.328 e. The summed E-state index contributed by atoms with van der Waals surface area (Å²) in [7, 11) is 0. The molecule has 5 nitrogen and oxygen atoms in total. The molecule has 1 aromatic rings. The largest absolute Gasteiger partial charge is 0.508 e. The molecule has 0 saturated heterocycles. The van der Waals surface area contributed by atoms with Gasteiger partial charge in [-0.15, -0.1) is 0 Å². The van der Waals surface area contributed by atoms with E-state index in [1.807, 2.05) is 0 Å². The Morgan fingerprint density at radius 3 is 2.33 bits per heavy atom. The number of phenols is 1. The van der Waals surface area contributed by atoms with E-state index in [9.17, 15) is 14.7 Å². The first-order valence-corrected chi connectivity index (χ1v) is 8.74. The fraction of sp³-hybridized carbons (Fsp3) is 0.579. The Kier molecular flexibility index (Phi) is 9.58. The van der Waals surface area contributed by atoms with E-state index >= 15 is 0 Å². The SMILES string of the molecule is CCCCCCCCOC(=O)[C@H](Cc1ccc(O)cc1)NC(C)=O. The first kappa shape index (κ1) is 20.0. The van der Waals surface area contributed by atoms with Gasteiger partial charge in [-0.2, -0.15) is 0 Å². The zero-order chi connectivity index (χ0) is 17.8. The number of aromatic hydroxyl groups is 1. The summed E-state index contributed by atoms with van der Waals surface area (Å²) in [5.74, 6) is -0.511. The third-order valence-corrected chi connectivity index (χ3v) is 3.78. The molecular formula is C19H29NO4. The van der Waals surface area contributed by atoms with Crippen LogP contribution in [0.5, 0.6) is 5.75 Å². The summed E-state index contributed by atoms with van der Waals surface area (Å²) in [4.78, 5) is 23.5. The van der Waals surface area contributed by atoms with Crippen LogP contribution in [0.15, 0.2) is 24.3 Å². The zero-order valence-corrected chi connectivity index (χ0v) is 14.7. The minimum atomic E-state index is -0.702. The number of phenolic OH excluding ortho intramolecular Hbond substituents is 1. The van der Waals surface area contributed by atoms with Crippen molar-refractivity contribution in [1.29, 1.82) is 0 Å². The Labute approximate surface area is 144 Å². The van der Waals surface area contributed by atoms with E-state index in [1.54, 1.807) is 24.3 Å². The Morgan fingerprint density at radius 1 is 1.08 bits per heavy atom. The molecule has 134 valence electrons. The van der Waals surface area contributed by atoms with E-state index < -0.39 is 12.0 Å². The van der Waals surface area contributed by atoms with Crippen molar-refractivity contribution in [2.75, 3.05) is 6.61 Å². The van der Waals surface area contributed by atoms with Crippen molar-refractivity contribution in [3.8, 4) is 5.75 Å².